The SMILES string of the molecule is CCc1cnc(-c2cc(C#N)c(N3CC[N+](C(N)=O)(S(=O)(=O)c4ccc(Cl)s4)CC3)nc2C)o1. The fraction of sp³-hybridized carbons (Fsp3) is 0.333. The Kier molecular flexibility index (Phi) is 6.39. The highest BCUT2D eigenvalue weighted by Crippen LogP contribution is 2.35. The number of quaternary nitrogens is 1. The zero-order valence-electron chi connectivity index (χ0n) is 18.5. The summed E-state index contributed by atoms with van der Waals surface area (Å²) in [5.41, 5.74) is 7.13. The van der Waals surface area contributed by atoms with Crippen LogP contribution in [-0.4, -0.2) is 54.5 Å². The van der Waals surface area contributed by atoms with Crippen molar-refractivity contribution in [2.24, 2.45) is 5.73 Å². The lowest BCUT2D eigenvalue weighted by atomic mass is 10.1. The summed E-state index contributed by atoms with van der Waals surface area (Å²) in [5, 5.41) is 9.78. The summed E-state index contributed by atoms with van der Waals surface area (Å²) < 4.78 is 31.7. The number of anilines is 1. The molecule has 0 bridgehead atoms. The van der Waals surface area contributed by atoms with E-state index in [9.17, 15) is 18.5 Å². The Balaban J connectivity index is 1.65. The number of rotatable bonds is 5. The number of amides is 2. The van der Waals surface area contributed by atoms with Crippen LogP contribution in [0.5, 0.6) is 0 Å². The van der Waals surface area contributed by atoms with Gasteiger partial charge in [0.25, 0.3) is 0 Å². The first kappa shape index (κ1) is 24.2. The highest BCUT2D eigenvalue weighted by atomic mass is 35.5. The van der Waals surface area contributed by atoms with Crippen molar-refractivity contribution < 1.29 is 21.5 Å². The maximum atomic E-state index is 13.3. The predicted molar refractivity (Wildman–Crippen MR) is 127 cm³/mol. The van der Waals surface area contributed by atoms with Gasteiger partial charge in [0.1, 0.15) is 30.7 Å². The number of carbonyl (C=O) groups excluding carboxylic acids is 1. The number of thiophene rings is 1. The molecule has 1 saturated heterocycles. The molecule has 2 N–H and O–H groups in total. The largest absolute Gasteiger partial charge is 0.441 e. The Morgan fingerprint density at radius 1 is 1.38 bits per heavy atom. The molecule has 2 amide bonds. The van der Waals surface area contributed by atoms with E-state index in [0.29, 0.717) is 39.3 Å². The lowest BCUT2D eigenvalue weighted by Crippen LogP contribution is -2.66. The van der Waals surface area contributed by atoms with Crippen LogP contribution in [0.25, 0.3) is 11.5 Å². The first-order valence-corrected chi connectivity index (χ1v) is 13.1. The standard InChI is InChI=1S/C21H21ClN6O4S2/c1-3-15-12-25-20(32-15)16-10-14(11-23)19(26-13(16)2)27-6-8-28(9-7-27,21(24)29)34(30,31)18-5-4-17(22)33-18/h4-5,10,12H,3,6-9H2,1-2H3,(H-,24,29)/p+1. The minimum atomic E-state index is -4.11. The number of hydrogen-bond donors (Lipinski definition) is 1. The van der Waals surface area contributed by atoms with Gasteiger partial charge in [0, 0.05) is 6.42 Å². The topological polar surface area (TPSA) is 143 Å². The Morgan fingerprint density at radius 2 is 2.09 bits per heavy atom. The third-order valence-corrected chi connectivity index (χ3v) is 9.89. The zero-order valence-corrected chi connectivity index (χ0v) is 20.9. The van der Waals surface area contributed by atoms with Crippen molar-refractivity contribution in [1.29, 1.82) is 5.26 Å². The van der Waals surface area contributed by atoms with E-state index in [1.807, 2.05) is 6.92 Å². The van der Waals surface area contributed by atoms with E-state index >= 15 is 0 Å². The van der Waals surface area contributed by atoms with E-state index < -0.39 is 19.9 Å². The second-order valence-electron chi connectivity index (χ2n) is 7.79. The van der Waals surface area contributed by atoms with Crippen LogP contribution in [-0.2, 0) is 16.4 Å². The van der Waals surface area contributed by atoms with E-state index in [1.165, 1.54) is 12.1 Å². The molecule has 0 saturated carbocycles. The summed E-state index contributed by atoms with van der Waals surface area (Å²) in [6.07, 6.45) is 2.33. The van der Waals surface area contributed by atoms with Gasteiger partial charge in [-0.1, -0.05) is 18.5 Å². The Hall–Kier alpha value is -2.98. The highest BCUT2D eigenvalue weighted by Gasteiger charge is 2.52. The van der Waals surface area contributed by atoms with Gasteiger partial charge in [-0.25, -0.2) is 14.8 Å². The number of aromatic nitrogens is 2. The highest BCUT2D eigenvalue weighted by molar-refractivity contribution is 7.88. The first-order valence-electron chi connectivity index (χ1n) is 10.4. The Bertz CT molecular complexity index is 1400. The fourth-order valence-corrected chi connectivity index (χ4v) is 7.41. The van der Waals surface area contributed by atoms with Gasteiger partial charge < -0.3 is 15.1 Å². The predicted octanol–water partition coefficient (Wildman–Crippen LogP) is 3.30. The molecule has 3 aromatic heterocycles. The number of primary amides is 1. The molecule has 178 valence electrons. The summed E-state index contributed by atoms with van der Waals surface area (Å²) in [7, 11) is -4.11. The molecule has 4 rings (SSSR count). The molecule has 10 nitrogen and oxygen atoms in total. The van der Waals surface area contributed by atoms with Crippen LogP contribution < -0.4 is 10.6 Å². The number of nitrogens with zero attached hydrogens (tertiary/aromatic N) is 5. The second kappa shape index (κ2) is 8.99. The minimum absolute atomic E-state index is 0.0156. The van der Waals surface area contributed by atoms with Crippen LogP contribution in [0, 0.1) is 18.3 Å². The zero-order chi connectivity index (χ0) is 24.7. The van der Waals surface area contributed by atoms with Gasteiger partial charge in [0.2, 0.25) is 5.89 Å². The normalized spacial score (nSPS) is 15.8. The number of nitrogens with two attached hydrogens (primary N) is 1. The monoisotopic (exact) mass is 521 g/mol. The van der Waals surface area contributed by atoms with E-state index in [-0.39, 0.29) is 30.4 Å². The number of pyridine rings is 1. The van der Waals surface area contributed by atoms with Gasteiger partial charge in [0.05, 0.1) is 40.4 Å². The lowest BCUT2D eigenvalue weighted by molar-refractivity contribution is -0.721. The molecule has 0 aliphatic carbocycles. The minimum Gasteiger partial charge on any atom is -0.441 e. The van der Waals surface area contributed by atoms with Gasteiger partial charge in [-0.3, -0.25) is 0 Å². The molecule has 34 heavy (non-hydrogen) atoms. The van der Waals surface area contributed by atoms with Gasteiger partial charge >= 0.3 is 16.1 Å². The van der Waals surface area contributed by atoms with Crippen molar-refractivity contribution in [2.75, 3.05) is 31.1 Å². The maximum absolute atomic E-state index is 13.3. The maximum Gasteiger partial charge on any atom is 0.429 e. The van der Waals surface area contributed by atoms with Crippen molar-refractivity contribution in [1.82, 2.24) is 9.97 Å². The van der Waals surface area contributed by atoms with Crippen molar-refractivity contribution in [3.05, 3.63) is 45.7 Å². The lowest BCUT2D eigenvalue weighted by Gasteiger charge is -2.40. The second-order valence-corrected chi connectivity index (χ2v) is 11.8. The molecule has 0 unspecified atom stereocenters. The number of aryl methyl sites for hydroxylation is 2. The van der Waals surface area contributed by atoms with E-state index in [2.05, 4.69) is 16.0 Å². The number of halogens is 1. The van der Waals surface area contributed by atoms with Crippen LogP contribution in [0.15, 0.2) is 33.0 Å². The third-order valence-electron chi connectivity index (χ3n) is 5.87. The molecular formula is C21H22ClN6O4S2+. The Morgan fingerprint density at radius 3 is 2.62 bits per heavy atom. The number of hydrogen-bond acceptors (Lipinski definition) is 9. The van der Waals surface area contributed by atoms with Gasteiger partial charge in [-0.05, 0) is 25.1 Å². The number of nitriles is 1. The molecule has 0 aromatic carbocycles. The van der Waals surface area contributed by atoms with Crippen LogP contribution in [0.2, 0.25) is 4.34 Å². The molecule has 0 atom stereocenters. The number of urea groups is 1. The average molecular weight is 522 g/mol. The van der Waals surface area contributed by atoms with Crippen LogP contribution in [0.3, 0.4) is 0 Å². The molecule has 1 aliphatic heterocycles. The molecule has 0 spiro atoms. The summed E-state index contributed by atoms with van der Waals surface area (Å²) in [6, 6.07) is 5.70. The quantitative estimate of drug-likeness (QED) is 0.503. The molecular weight excluding hydrogens is 500 g/mol. The third kappa shape index (κ3) is 3.94. The number of piperazine rings is 1. The smallest absolute Gasteiger partial charge is 0.429 e. The van der Waals surface area contributed by atoms with E-state index in [0.717, 1.165) is 17.1 Å². The molecule has 1 fully saturated rings. The summed E-state index contributed by atoms with van der Waals surface area (Å²) in [6.45, 7) is 3.85. The van der Waals surface area contributed by atoms with Crippen molar-refractivity contribution in [3.63, 3.8) is 0 Å². The summed E-state index contributed by atoms with van der Waals surface area (Å²) in [4.78, 5) is 23.1. The average Bonchev–Trinajstić information content (AvgIpc) is 3.48. The van der Waals surface area contributed by atoms with Crippen LogP contribution in [0.1, 0.15) is 23.9 Å². The molecule has 13 heteroatoms. The number of oxazole rings is 1. The Labute approximate surface area is 205 Å². The van der Waals surface area contributed by atoms with Gasteiger partial charge in [-0.2, -0.15) is 13.7 Å². The molecule has 3 aromatic rings. The van der Waals surface area contributed by atoms with Crippen molar-refractivity contribution in [3.8, 4) is 17.5 Å². The summed E-state index contributed by atoms with van der Waals surface area (Å²) in [5.74, 6) is 1.51. The number of carbonyl (C=O) groups is 1. The van der Waals surface area contributed by atoms with Gasteiger partial charge in [-0.15, -0.1) is 15.2 Å². The molecule has 0 radical (unpaired) electrons. The number of sulfonamides is 1. The van der Waals surface area contributed by atoms with Crippen LogP contribution >= 0.6 is 22.9 Å². The molecule has 4 heterocycles. The van der Waals surface area contributed by atoms with Crippen molar-refractivity contribution in [2.45, 2.75) is 24.5 Å². The first-order chi connectivity index (χ1) is 16.1. The van der Waals surface area contributed by atoms with E-state index in [4.69, 9.17) is 21.8 Å². The fourth-order valence-electron chi connectivity index (χ4n) is 3.92. The summed E-state index contributed by atoms with van der Waals surface area (Å²) >= 11 is 6.80. The van der Waals surface area contributed by atoms with Gasteiger partial charge in [0.15, 0.2) is 4.21 Å². The molecule has 1 aliphatic rings. The van der Waals surface area contributed by atoms with Crippen molar-refractivity contribution >= 4 is 44.8 Å². The van der Waals surface area contributed by atoms with E-state index in [1.54, 1.807) is 24.1 Å². The van der Waals surface area contributed by atoms with Crippen LogP contribution in [0.4, 0.5) is 10.6 Å².